The van der Waals surface area contributed by atoms with E-state index < -0.39 is 0 Å². The third-order valence-electron chi connectivity index (χ3n) is 3.16. The SMILES string of the molecule is Cl.Cl.NCCCn1c2ccccc2c2cnccc21. The Balaban J connectivity index is 0.000000902. The summed E-state index contributed by atoms with van der Waals surface area (Å²) >= 11 is 0. The zero-order chi connectivity index (χ0) is 11.7. The molecule has 3 nitrogen and oxygen atoms in total. The van der Waals surface area contributed by atoms with Gasteiger partial charge in [0.1, 0.15) is 0 Å². The van der Waals surface area contributed by atoms with E-state index in [1.54, 1.807) is 0 Å². The number of aromatic nitrogens is 2. The number of aryl methyl sites for hydroxylation is 1. The summed E-state index contributed by atoms with van der Waals surface area (Å²) < 4.78 is 2.33. The van der Waals surface area contributed by atoms with E-state index >= 15 is 0 Å². The highest BCUT2D eigenvalue weighted by atomic mass is 35.5. The molecule has 0 aliphatic carbocycles. The molecule has 19 heavy (non-hydrogen) atoms. The van der Waals surface area contributed by atoms with Gasteiger partial charge in [-0.3, -0.25) is 4.98 Å². The molecule has 1 aromatic carbocycles. The summed E-state index contributed by atoms with van der Waals surface area (Å²) in [4.78, 5) is 4.22. The van der Waals surface area contributed by atoms with E-state index in [1.165, 1.54) is 21.8 Å². The molecule has 3 aromatic rings. The summed E-state index contributed by atoms with van der Waals surface area (Å²) in [5.74, 6) is 0. The third kappa shape index (κ3) is 2.68. The van der Waals surface area contributed by atoms with Crippen LogP contribution >= 0.6 is 24.8 Å². The zero-order valence-electron chi connectivity index (χ0n) is 10.5. The van der Waals surface area contributed by atoms with Crippen LogP contribution in [0.2, 0.25) is 0 Å². The van der Waals surface area contributed by atoms with Gasteiger partial charge in [-0.1, -0.05) is 18.2 Å². The van der Waals surface area contributed by atoms with Gasteiger partial charge < -0.3 is 10.3 Å². The van der Waals surface area contributed by atoms with Crippen LogP contribution in [0.5, 0.6) is 0 Å². The molecular formula is C14H17Cl2N3. The van der Waals surface area contributed by atoms with Crippen molar-refractivity contribution in [1.29, 1.82) is 0 Å². The molecule has 0 unspecified atom stereocenters. The number of pyridine rings is 1. The predicted molar refractivity (Wildman–Crippen MR) is 85.4 cm³/mol. The van der Waals surface area contributed by atoms with Crippen molar-refractivity contribution in [2.24, 2.45) is 5.73 Å². The maximum Gasteiger partial charge on any atom is 0.0522 e. The van der Waals surface area contributed by atoms with Crippen LogP contribution < -0.4 is 5.73 Å². The number of hydrogen-bond donors (Lipinski definition) is 1. The van der Waals surface area contributed by atoms with Gasteiger partial charge in [0.25, 0.3) is 0 Å². The molecule has 0 radical (unpaired) electrons. The maximum absolute atomic E-state index is 5.61. The van der Waals surface area contributed by atoms with Crippen LogP contribution in [-0.2, 0) is 6.54 Å². The monoisotopic (exact) mass is 297 g/mol. The molecule has 0 aliphatic rings. The maximum atomic E-state index is 5.61. The van der Waals surface area contributed by atoms with Gasteiger partial charge in [0.05, 0.1) is 5.52 Å². The van der Waals surface area contributed by atoms with E-state index in [0.717, 1.165) is 19.5 Å². The highest BCUT2D eigenvalue weighted by Gasteiger charge is 2.08. The number of nitrogens with zero attached hydrogens (tertiary/aromatic N) is 2. The first-order valence-electron chi connectivity index (χ1n) is 5.93. The van der Waals surface area contributed by atoms with Crippen molar-refractivity contribution in [1.82, 2.24) is 9.55 Å². The quantitative estimate of drug-likeness (QED) is 0.805. The minimum absolute atomic E-state index is 0. The fourth-order valence-corrected chi connectivity index (χ4v) is 2.39. The van der Waals surface area contributed by atoms with Crippen molar-refractivity contribution in [3.05, 3.63) is 42.7 Å². The minimum atomic E-state index is 0. The fourth-order valence-electron chi connectivity index (χ4n) is 2.39. The number of halogens is 2. The van der Waals surface area contributed by atoms with Gasteiger partial charge >= 0.3 is 0 Å². The second-order valence-electron chi connectivity index (χ2n) is 4.20. The van der Waals surface area contributed by atoms with E-state index in [-0.39, 0.29) is 24.8 Å². The molecule has 0 bridgehead atoms. The smallest absolute Gasteiger partial charge is 0.0522 e. The Bertz CT molecular complexity index is 611. The molecule has 0 amide bonds. The molecule has 0 aliphatic heterocycles. The minimum Gasteiger partial charge on any atom is -0.340 e. The van der Waals surface area contributed by atoms with Crippen molar-refractivity contribution in [2.45, 2.75) is 13.0 Å². The van der Waals surface area contributed by atoms with E-state index in [4.69, 9.17) is 5.73 Å². The second-order valence-corrected chi connectivity index (χ2v) is 4.20. The second kappa shape index (κ2) is 6.75. The first kappa shape index (κ1) is 15.8. The lowest BCUT2D eigenvalue weighted by Gasteiger charge is -2.05. The molecule has 5 heteroatoms. The lowest BCUT2D eigenvalue weighted by atomic mass is 10.2. The van der Waals surface area contributed by atoms with Crippen LogP contribution in [0, 0.1) is 0 Å². The number of hydrogen-bond acceptors (Lipinski definition) is 2. The van der Waals surface area contributed by atoms with Crippen LogP contribution in [0.1, 0.15) is 6.42 Å². The largest absolute Gasteiger partial charge is 0.340 e. The van der Waals surface area contributed by atoms with Crippen LogP contribution in [0.3, 0.4) is 0 Å². The zero-order valence-corrected chi connectivity index (χ0v) is 12.1. The van der Waals surface area contributed by atoms with Gasteiger partial charge in [-0.15, -0.1) is 24.8 Å². The summed E-state index contributed by atoms with van der Waals surface area (Å²) in [5.41, 5.74) is 8.12. The molecule has 2 N–H and O–H groups in total. The number of fused-ring (bicyclic) bond motifs is 3. The van der Waals surface area contributed by atoms with E-state index in [0.29, 0.717) is 0 Å². The molecule has 0 atom stereocenters. The Morgan fingerprint density at radius 2 is 1.74 bits per heavy atom. The average Bonchev–Trinajstić information content (AvgIpc) is 2.71. The Labute approximate surface area is 124 Å². The van der Waals surface area contributed by atoms with Crippen LogP contribution in [-0.4, -0.2) is 16.1 Å². The molecule has 0 saturated carbocycles. The van der Waals surface area contributed by atoms with Crippen molar-refractivity contribution >= 4 is 46.6 Å². The summed E-state index contributed by atoms with van der Waals surface area (Å²) in [7, 11) is 0. The third-order valence-corrected chi connectivity index (χ3v) is 3.16. The summed E-state index contributed by atoms with van der Waals surface area (Å²) in [6.45, 7) is 1.68. The standard InChI is InChI=1S/C14H15N3.2ClH/c15-7-3-9-17-13-5-2-1-4-11(13)12-10-16-8-6-14(12)17;;/h1-2,4-6,8,10H,3,7,9,15H2;2*1H. The Morgan fingerprint density at radius 1 is 1.00 bits per heavy atom. The number of rotatable bonds is 3. The Morgan fingerprint density at radius 3 is 2.53 bits per heavy atom. The van der Waals surface area contributed by atoms with Gasteiger partial charge in [0.2, 0.25) is 0 Å². The van der Waals surface area contributed by atoms with Crippen molar-refractivity contribution in [3.63, 3.8) is 0 Å². The topological polar surface area (TPSA) is 43.8 Å². The highest BCUT2D eigenvalue weighted by Crippen LogP contribution is 2.27. The number of nitrogens with two attached hydrogens (primary N) is 1. The van der Waals surface area contributed by atoms with Gasteiger partial charge in [0.15, 0.2) is 0 Å². The summed E-state index contributed by atoms with van der Waals surface area (Å²) in [5, 5.41) is 2.49. The van der Waals surface area contributed by atoms with E-state index in [9.17, 15) is 0 Å². The Hall–Kier alpha value is -1.29. The lowest BCUT2D eigenvalue weighted by molar-refractivity contribution is 0.687. The van der Waals surface area contributed by atoms with Crippen LogP contribution in [0.25, 0.3) is 21.8 Å². The molecule has 0 fully saturated rings. The average molecular weight is 298 g/mol. The van der Waals surface area contributed by atoms with Gasteiger partial charge in [0, 0.05) is 35.2 Å². The van der Waals surface area contributed by atoms with E-state index in [2.05, 4.69) is 39.9 Å². The molecule has 0 spiro atoms. The van der Waals surface area contributed by atoms with Crippen molar-refractivity contribution in [2.75, 3.05) is 6.54 Å². The first-order valence-corrected chi connectivity index (χ1v) is 5.93. The predicted octanol–water partition coefficient (Wildman–Crippen LogP) is 3.38. The van der Waals surface area contributed by atoms with Crippen molar-refractivity contribution in [3.8, 4) is 0 Å². The molecular weight excluding hydrogens is 281 g/mol. The fraction of sp³-hybridized carbons (Fsp3) is 0.214. The molecule has 2 heterocycles. The molecule has 2 aromatic heterocycles. The first-order chi connectivity index (χ1) is 8.42. The lowest BCUT2D eigenvalue weighted by Crippen LogP contribution is -2.05. The van der Waals surface area contributed by atoms with E-state index in [1.807, 2.05) is 12.4 Å². The molecule has 102 valence electrons. The number of benzene rings is 1. The van der Waals surface area contributed by atoms with Crippen LogP contribution in [0.4, 0.5) is 0 Å². The summed E-state index contributed by atoms with van der Waals surface area (Å²) in [6, 6.07) is 10.5. The number of para-hydroxylation sites is 1. The van der Waals surface area contributed by atoms with Gasteiger partial charge in [-0.25, -0.2) is 0 Å². The van der Waals surface area contributed by atoms with Gasteiger partial charge in [-0.05, 0) is 25.1 Å². The summed E-state index contributed by atoms with van der Waals surface area (Å²) in [6.07, 6.45) is 4.78. The highest BCUT2D eigenvalue weighted by molar-refractivity contribution is 6.07. The molecule has 3 rings (SSSR count). The van der Waals surface area contributed by atoms with Crippen molar-refractivity contribution < 1.29 is 0 Å². The normalized spacial score (nSPS) is 10.2. The van der Waals surface area contributed by atoms with Gasteiger partial charge in [-0.2, -0.15) is 0 Å². The van der Waals surface area contributed by atoms with Crippen LogP contribution in [0.15, 0.2) is 42.7 Å². The Kier molecular flexibility index (Phi) is 5.60. The molecule has 0 saturated heterocycles.